The van der Waals surface area contributed by atoms with Crippen molar-refractivity contribution in [1.29, 1.82) is 0 Å². The molecule has 206 valence electrons. The first-order valence-corrected chi connectivity index (χ1v) is 13.1. The molecule has 1 saturated heterocycles. The zero-order valence-electron chi connectivity index (χ0n) is 22.0. The number of thiocarbonyl (C=S) groups is 1. The van der Waals surface area contributed by atoms with Gasteiger partial charge in [-0.1, -0.05) is 6.07 Å². The quantitative estimate of drug-likeness (QED) is 0.290. The van der Waals surface area contributed by atoms with Gasteiger partial charge in [-0.05, 0) is 86.7 Å². The van der Waals surface area contributed by atoms with E-state index in [-0.39, 0.29) is 37.2 Å². The topological polar surface area (TPSA) is 118 Å². The maximum atomic E-state index is 13.7. The zero-order chi connectivity index (χ0) is 28.6. The van der Waals surface area contributed by atoms with Gasteiger partial charge >= 0.3 is 11.9 Å². The average molecular weight is 561 g/mol. The normalized spacial score (nSPS) is 14.7. The Morgan fingerprint density at radius 3 is 2.05 bits per heavy atom. The van der Waals surface area contributed by atoms with Gasteiger partial charge in [-0.2, -0.15) is 0 Å². The monoisotopic (exact) mass is 560 g/mol. The third-order valence-electron chi connectivity index (χ3n) is 6.07. The Morgan fingerprint density at radius 1 is 0.900 bits per heavy atom. The van der Waals surface area contributed by atoms with Crippen molar-refractivity contribution in [3.05, 3.63) is 89.7 Å². The number of carbonyl (C=O) groups is 4. The maximum absolute atomic E-state index is 13.7. The molecule has 2 amide bonds. The lowest BCUT2D eigenvalue weighted by atomic mass is 10.1. The summed E-state index contributed by atoms with van der Waals surface area (Å²) < 4.78 is 10.0. The van der Waals surface area contributed by atoms with Crippen molar-refractivity contribution in [2.24, 2.45) is 0 Å². The maximum Gasteiger partial charge on any atom is 0.338 e. The zero-order valence-corrected chi connectivity index (χ0v) is 22.8. The number of rotatable bonds is 10. The van der Waals surface area contributed by atoms with Gasteiger partial charge in [0.05, 0.1) is 48.7 Å². The number of ether oxygens (including phenoxy) is 2. The van der Waals surface area contributed by atoms with Crippen LogP contribution in [0.15, 0.2) is 72.9 Å². The molecule has 3 aromatic rings. The van der Waals surface area contributed by atoms with Crippen LogP contribution in [0.5, 0.6) is 0 Å². The van der Waals surface area contributed by atoms with Crippen molar-refractivity contribution >= 4 is 52.5 Å². The van der Waals surface area contributed by atoms with Crippen LogP contribution in [0.4, 0.5) is 11.4 Å². The number of nitrogens with zero attached hydrogens (tertiary/aromatic N) is 3. The molecule has 1 aliphatic rings. The van der Waals surface area contributed by atoms with Crippen molar-refractivity contribution < 1.29 is 28.7 Å². The third-order valence-corrected chi connectivity index (χ3v) is 6.49. The van der Waals surface area contributed by atoms with Crippen LogP contribution in [0.2, 0.25) is 0 Å². The largest absolute Gasteiger partial charge is 0.462 e. The third kappa shape index (κ3) is 6.49. The van der Waals surface area contributed by atoms with E-state index >= 15 is 0 Å². The molecule has 10 nitrogen and oxygen atoms in total. The summed E-state index contributed by atoms with van der Waals surface area (Å²) in [6.45, 7) is 4.17. The molecule has 0 radical (unpaired) electrons. The second-order valence-corrected chi connectivity index (χ2v) is 9.10. The molecule has 0 saturated carbocycles. The van der Waals surface area contributed by atoms with E-state index in [0.29, 0.717) is 28.2 Å². The van der Waals surface area contributed by atoms with Gasteiger partial charge in [0.2, 0.25) is 5.91 Å². The number of esters is 2. The number of aromatic nitrogens is 1. The van der Waals surface area contributed by atoms with E-state index in [1.54, 1.807) is 79.5 Å². The molecule has 1 unspecified atom stereocenters. The predicted molar refractivity (Wildman–Crippen MR) is 152 cm³/mol. The first-order valence-electron chi connectivity index (χ1n) is 12.7. The van der Waals surface area contributed by atoms with E-state index < -0.39 is 23.9 Å². The second kappa shape index (κ2) is 12.9. The fraction of sp³-hybridized carbons (Fsp3) is 0.241. The first kappa shape index (κ1) is 28.4. The lowest BCUT2D eigenvalue weighted by Gasteiger charge is -2.23. The molecule has 1 fully saturated rings. The van der Waals surface area contributed by atoms with Gasteiger partial charge in [-0.25, -0.2) is 9.59 Å². The number of benzene rings is 2. The Hall–Kier alpha value is -4.64. The first-order chi connectivity index (χ1) is 19.3. The fourth-order valence-corrected chi connectivity index (χ4v) is 4.56. The number of amides is 2. The Bertz CT molecular complexity index is 1400. The number of nitrogens with one attached hydrogen (secondary N) is 1. The van der Waals surface area contributed by atoms with Crippen LogP contribution in [0.1, 0.15) is 46.7 Å². The van der Waals surface area contributed by atoms with Gasteiger partial charge in [0, 0.05) is 11.9 Å². The van der Waals surface area contributed by atoms with Crippen molar-refractivity contribution in [2.45, 2.75) is 32.9 Å². The summed E-state index contributed by atoms with van der Waals surface area (Å²) in [6.07, 6.45) is 1.46. The van der Waals surface area contributed by atoms with Crippen LogP contribution in [0.3, 0.4) is 0 Å². The molecule has 0 spiro atoms. The van der Waals surface area contributed by atoms with Crippen molar-refractivity contribution in [3.63, 3.8) is 0 Å². The minimum Gasteiger partial charge on any atom is -0.462 e. The summed E-state index contributed by atoms with van der Waals surface area (Å²) in [5, 5.41) is 2.99. The molecule has 0 aliphatic carbocycles. The lowest BCUT2D eigenvalue weighted by Crippen LogP contribution is -2.37. The van der Waals surface area contributed by atoms with Gasteiger partial charge < -0.3 is 19.7 Å². The standard InChI is InChI=1S/C29H28N4O6S/c1-3-38-27(36)19-8-12-21(13-9-19)31-25(34)17-24-26(35)33(23-14-10-20(11-15-23)28(37)39-4-2)29(40)32(24)18-22-7-5-6-16-30-22/h5-16,24H,3-4,17-18H2,1-2H3,(H,31,34). The minimum atomic E-state index is -0.891. The molecule has 1 N–H and O–H groups in total. The Labute approximate surface area is 236 Å². The van der Waals surface area contributed by atoms with Crippen LogP contribution in [0, 0.1) is 0 Å². The Balaban J connectivity index is 1.54. The average Bonchev–Trinajstić information content (AvgIpc) is 3.18. The van der Waals surface area contributed by atoms with E-state index in [2.05, 4.69) is 10.3 Å². The van der Waals surface area contributed by atoms with Crippen molar-refractivity contribution in [3.8, 4) is 0 Å². The highest BCUT2D eigenvalue weighted by molar-refractivity contribution is 7.80. The Kier molecular flexibility index (Phi) is 9.18. The molecule has 1 aromatic heterocycles. The van der Waals surface area contributed by atoms with Crippen LogP contribution >= 0.6 is 12.2 Å². The molecule has 40 heavy (non-hydrogen) atoms. The summed E-state index contributed by atoms with van der Waals surface area (Å²) in [7, 11) is 0. The van der Waals surface area contributed by atoms with Gasteiger partial charge in [0.1, 0.15) is 6.04 Å². The summed E-state index contributed by atoms with van der Waals surface area (Å²) in [6, 6.07) is 17.2. The number of hydrogen-bond acceptors (Lipinski definition) is 8. The van der Waals surface area contributed by atoms with Crippen molar-refractivity contribution in [1.82, 2.24) is 9.88 Å². The van der Waals surface area contributed by atoms with Crippen LogP contribution in [-0.4, -0.2) is 58.0 Å². The van der Waals surface area contributed by atoms with E-state index in [0.717, 1.165) is 0 Å². The van der Waals surface area contributed by atoms with Gasteiger partial charge in [0.15, 0.2) is 5.11 Å². The fourth-order valence-electron chi connectivity index (χ4n) is 4.17. The summed E-state index contributed by atoms with van der Waals surface area (Å²) in [5.41, 5.74) is 2.32. The molecule has 2 heterocycles. The second-order valence-electron chi connectivity index (χ2n) is 8.74. The number of pyridine rings is 1. The van der Waals surface area contributed by atoms with E-state index in [4.69, 9.17) is 21.7 Å². The van der Waals surface area contributed by atoms with Crippen LogP contribution in [-0.2, 0) is 25.6 Å². The number of carbonyl (C=O) groups excluding carboxylic acids is 4. The van der Waals surface area contributed by atoms with Crippen LogP contribution in [0.25, 0.3) is 0 Å². The number of anilines is 2. The summed E-state index contributed by atoms with van der Waals surface area (Å²) in [5.74, 6) is -1.70. The molecule has 1 atom stereocenters. The summed E-state index contributed by atoms with van der Waals surface area (Å²) >= 11 is 5.70. The van der Waals surface area contributed by atoms with E-state index in [1.165, 1.54) is 4.90 Å². The molecule has 0 bridgehead atoms. The lowest BCUT2D eigenvalue weighted by molar-refractivity contribution is -0.124. The highest BCUT2D eigenvalue weighted by Crippen LogP contribution is 2.29. The molecular weight excluding hydrogens is 532 g/mol. The van der Waals surface area contributed by atoms with E-state index in [1.807, 2.05) is 12.1 Å². The predicted octanol–water partition coefficient (Wildman–Crippen LogP) is 3.97. The minimum absolute atomic E-state index is 0.178. The number of hydrogen-bond donors (Lipinski definition) is 1. The van der Waals surface area contributed by atoms with Gasteiger partial charge in [-0.3, -0.25) is 19.5 Å². The molecule has 1 aliphatic heterocycles. The summed E-state index contributed by atoms with van der Waals surface area (Å²) in [4.78, 5) is 58.0. The van der Waals surface area contributed by atoms with Gasteiger partial charge in [-0.15, -0.1) is 0 Å². The molecule has 2 aromatic carbocycles. The molecule has 4 rings (SSSR count). The SMILES string of the molecule is CCOC(=O)c1ccc(NC(=O)CC2C(=O)N(c3ccc(C(=O)OCC)cc3)C(=S)N2Cc2ccccn2)cc1. The molecule has 11 heteroatoms. The Morgan fingerprint density at radius 2 is 1.50 bits per heavy atom. The van der Waals surface area contributed by atoms with Gasteiger partial charge in [0.25, 0.3) is 5.91 Å². The van der Waals surface area contributed by atoms with E-state index in [9.17, 15) is 19.2 Å². The highest BCUT2D eigenvalue weighted by Gasteiger charge is 2.44. The highest BCUT2D eigenvalue weighted by atomic mass is 32.1. The van der Waals surface area contributed by atoms with Crippen LogP contribution < -0.4 is 10.2 Å². The van der Waals surface area contributed by atoms with Crippen molar-refractivity contribution in [2.75, 3.05) is 23.4 Å². The smallest absolute Gasteiger partial charge is 0.338 e. The molecular formula is C29H28N4O6S.